The largest absolute Gasteiger partial charge is 0.0622 e. The van der Waals surface area contributed by atoms with Gasteiger partial charge in [0.25, 0.3) is 0 Å². The van der Waals surface area contributed by atoms with Gasteiger partial charge in [-0.2, -0.15) is 0 Å². The van der Waals surface area contributed by atoms with Crippen LogP contribution in [0, 0.1) is 5.92 Å². The van der Waals surface area contributed by atoms with Crippen LogP contribution in [0.2, 0.25) is 0 Å². The molecule has 1 heteroatoms. The molecule has 0 N–H and O–H groups in total. The summed E-state index contributed by atoms with van der Waals surface area (Å²) in [6.45, 7) is 9.46. The predicted molar refractivity (Wildman–Crippen MR) is 178 cm³/mol. The number of allylic oxidation sites excluding steroid dienone is 8. The van der Waals surface area contributed by atoms with Crippen LogP contribution >= 0.6 is 0 Å². The summed E-state index contributed by atoms with van der Waals surface area (Å²) in [4.78, 5) is 0. The van der Waals surface area contributed by atoms with Crippen molar-refractivity contribution in [1.82, 2.24) is 0 Å². The maximum Gasteiger partial charge on any atom is -0.0238 e. The summed E-state index contributed by atoms with van der Waals surface area (Å²) >= 11 is -2.32. The van der Waals surface area contributed by atoms with Gasteiger partial charge in [0.15, 0.2) is 0 Å². The molecule has 6 rings (SSSR count). The van der Waals surface area contributed by atoms with E-state index in [9.17, 15) is 0 Å². The van der Waals surface area contributed by atoms with Crippen LogP contribution in [0.1, 0.15) is 56.4 Å². The SMILES string of the molecule is CC1=C(C)C(C)[C]([Zr]([C]2=CC=CC2)=[C](c2ccccc2)c2ccccc2)=C1C.c1ccc(CCc2ccccc2)cc1. The number of rotatable bonds is 7. The molecule has 0 amide bonds. The molecule has 1 atom stereocenters. The molecule has 0 bridgehead atoms. The van der Waals surface area contributed by atoms with E-state index in [1.807, 2.05) is 0 Å². The van der Waals surface area contributed by atoms with Gasteiger partial charge in [0.05, 0.1) is 0 Å². The van der Waals surface area contributed by atoms with Gasteiger partial charge in [-0.1, -0.05) is 60.7 Å². The van der Waals surface area contributed by atoms with E-state index >= 15 is 0 Å². The Labute approximate surface area is 261 Å². The van der Waals surface area contributed by atoms with Crippen LogP contribution in [-0.2, 0) is 34.1 Å². The van der Waals surface area contributed by atoms with Gasteiger partial charge in [-0.25, -0.2) is 0 Å². The molecule has 210 valence electrons. The molecular weight excluding hydrogens is 584 g/mol. The van der Waals surface area contributed by atoms with Crippen molar-refractivity contribution in [2.45, 2.75) is 47.0 Å². The maximum atomic E-state index is 2.43. The Balaban J connectivity index is 0.000000211. The van der Waals surface area contributed by atoms with Crippen molar-refractivity contribution in [1.29, 1.82) is 0 Å². The zero-order valence-corrected chi connectivity index (χ0v) is 27.9. The molecule has 0 heterocycles. The molecule has 0 nitrogen and oxygen atoms in total. The monoisotopic (exact) mass is 624 g/mol. The number of hydrogen-bond acceptors (Lipinski definition) is 0. The Morgan fingerprint density at radius 3 is 1.45 bits per heavy atom. The summed E-state index contributed by atoms with van der Waals surface area (Å²) < 4.78 is 5.10. The van der Waals surface area contributed by atoms with Crippen LogP contribution in [0.15, 0.2) is 163 Å². The average Bonchev–Trinajstić information content (AvgIpc) is 3.65. The molecule has 0 aromatic heterocycles. The molecule has 0 fully saturated rings. The van der Waals surface area contributed by atoms with Crippen molar-refractivity contribution in [3.05, 3.63) is 185 Å². The maximum absolute atomic E-state index is 2.43. The van der Waals surface area contributed by atoms with E-state index in [4.69, 9.17) is 0 Å². The van der Waals surface area contributed by atoms with Crippen LogP contribution in [0.3, 0.4) is 0 Å². The van der Waals surface area contributed by atoms with Gasteiger partial charge >= 0.3 is 178 Å². The molecule has 0 radical (unpaired) electrons. The molecule has 4 aromatic carbocycles. The molecule has 42 heavy (non-hydrogen) atoms. The topological polar surface area (TPSA) is 0 Å². The quantitative estimate of drug-likeness (QED) is 0.192. The van der Waals surface area contributed by atoms with Crippen LogP contribution in [0.25, 0.3) is 0 Å². The van der Waals surface area contributed by atoms with Crippen molar-refractivity contribution in [3.63, 3.8) is 0 Å². The molecule has 2 aliphatic rings. The summed E-state index contributed by atoms with van der Waals surface area (Å²) in [5, 5.41) is 0. The summed E-state index contributed by atoms with van der Waals surface area (Å²) in [5.41, 5.74) is 10.3. The van der Waals surface area contributed by atoms with Crippen molar-refractivity contribution in [2.24, 2.45) is 5.92 Å². The van der Waals surface area contributed by atoms with Crippen LogP contribution in [0.4, 0.5) is 0 Å². The summed E-state index contributed by atoms with van der Waals surface area (Å²) in [6.07, 6.45) is 10.4. The fourth-order valence-corrected chi connectivity index (χ4v) is 15.1. The van der Waals surface area contributed by atoms with E-state index in [0.717, 1.165) is 19.3 Å². The summed E-state index contributed by atoms with van der Waals surface area (Å²) in [7, 11) is 0. The second-order valence-corrected chi connectivity index (χ2v) is 17.3. The van der Waals surface area contributed by atoms with Gasteiger partial charge in [-0.3, -0.25) is 0 Å². The zero-order valence-electron chi connectivity index (χ0n) is 25.5. The van der Waals surface area contributed by atoms with E-state index in [2.05, 4.69) is 167 Å². The van der Waals surface area contributed by atoms with E-state index in [1.165, 1.54) is 27.8 Å². The molecule has 4 aromatic rings. The van der Waals surface area contributed by atoms with Crippen molar-refractivity contribution >= 4 is 3.21 Å². The van der Waals surface area contributed by atoms with E-state index < -0.39 is 21.3 Å². The van der Waals surface area contributed by atoms with Crippen molar-refractivity contribution < 1.29 is 21.3 Å². The third-order valence-corrected chi connectivity index (χ3v) is 17.2. The van der Waals surface area contributed by atoms with Crippen molar-refractivity contribution in [3.8, 4) is 0 Å². The Kier molecular flexibility index (Phi) is 10.5. The average molecular weight is 626 g/mol. The first kappa shape index (κ1) is 30.1. The van der Waals surface area contributed by atoms with Gasteiger partial charge in [0.1, 0.15) is 0 Å². The minimum absolute atomic E-state index is 0.568. The van der Waals surface area contributed by atoms with Gasteiger partial charge < -0.3 is 0 Å². The van der Waals surface area contributed by atoms with E-state index in [1.54, 1.807) is 20.9 Å². The standard InChI is InChI=1S/C14H14.C13H10.C9H13.C5H5.Zr/c1-3-7-13(8-4-1)11-12-14-9-5-2-6-10-14;1-3-7-12(8-4-1)11-13-9-5-2-6-10-13;1-6-5-7(2)9(4)8(6)3;1-2-4-5-3-1;/h1-10H,11-12H2;1-10H;6H,1-4H3;1-3H,4H2;. The molecule has 0 aliphatic heterocycles. The van der Waals surface area contributed by atoms with Gasteiger partial charge in [0.2, 0.25) is 0 Å². The van der Waals surface area contributed by atoms with Gasteiger partial charge in [-0.05, 0) is 24.0 Å². The van der Waals surface area contributed by atoms with Crippen LogP contribution in [0.5, 0.6) is 0 Å². The third-order valence-electron chi connectivity index (χ3n) is 8.77. The Morgan fingerprint density at radius 2 is 1.07 bits per heavy atom. The summed E-state index contributed by atoms with van der Waals surface area (Å²) in [6, 6.07) is 43.5. The normalized spacial score (nSPS) is 15.8. The van der Waals surface area contributed by atoms with Gasteiger partial charge in [-0.15, -0.1) is 0 Å². The number of aryl methyl sites for hydroxylation is 2. The number of hydrogen-bond donors (Lipinski definition) is 0. The molecule has 2 aliphatic carbocycles. The predicted octanol–water partition coefficient (Wildman–Crippen LogP) is 10.4. The first-order valence-electron chi connectivity index (χ1n) is 15.2. The number of benzene rings is 4. The smallest absolute Gasteiger partial charge is 0.0238 e. The van der Waals surface area contributed by atoms with Crippen molar-refractivity contribution in [2.75, 3.05) is 0 Å². The molecule has 0 spiro atoms. The van der Waals surface area contributed by atoms with E-state index in [-0.39, 0.29) is 0 Å². The Morgan fingerprint density at radius 1 is 0.619 bits per heavy atom. The van der Waals surface area contributed by atoms with Crippen LogP contribution < -0.4 is 0 Å². The fourth-order valence-electron chi connectivity index (χ4n) is 6.11. The Hall–Kier alpha value is -3.41. The minimum Gasteiger partial charge on any atom is -0.0622 e. The summed E-state index contributed by atoms with van der Waals surface area (Å²) in [5.74, 6) is 0.568. The molecule has 1 unspecified atom stereocenters. The third kappa shape index (κ3) is 7.14. The Bertz CT molecular complexity index is 1550. The van der Waals surface area contributed by atoms with Crippen LogP contribution in [-0.4, -0.2) is 3.21 Å². The molecule has 0 saturated carbocycles. The molecular formula is C41H42Zr. The first-order chi connectivity index (χ1) is 20.5. The van der Waals surface area contributed by atoms with Gasteiger partial charge in [0, 0.05) is 0 Å². The first-order valence-corrected chi connectivity index (χ1v) is 18.9. The zero-order chi connectivity index (χ0) is 29.3. The fraction of sp³-hybridized carbons (Fsp3) is 0.195. The second-order valence-electron chi connectivity index (χ2n) is 11.3. The molecule has 0 saturated heterocycles. The van der Waals surface area contributed by atoms with E-state index in [0.29, 0.717) is 5.92 Å². The second kappa shape index (κ2) is 14.7. The minimum atomic E-state index is -2.32.